The van der Waals surface area contributed by atoms with E-state index in [1.165, 1.54) is 0 Å². The van der Waals surface area contributed by atoms with Crippen molar-refractivity contribution in [3.63, 3.8) is 0 Å². The van der Waals surface area contributed by atoms with E-state index in [0.717, 1.165) is 29.8 Å². The quantitative estimate of drug-likeness (QED) is 0.466. The molecule has 0 radical (unpaired) electrons. The first kappa shape index (κ1) is 23.0. The molecule has 1 atom stereocenters. The predicted molar refractivity (Wildman–Crippen MR) is 130 cm³/mol. The molecule has 7 nitrogen and oxygen atoms in total. The molecule has 0 spiro atoms. The number of rotatable bonds is 9. The zero-order chi connectivity index (χ0) is 23.0. The lowest BCUT2D eigenvalue weighted by molar-refractivity contribution is -0.136. The van der Waals surface area contributed by atoms with Gasteiger partial charge in [-0.25, -0.2) is 9.97 Å². The average Bonchev–Trinajstić information content (AvgIpc) is 3.40. The highest BCUT2D eigenvalue weighted by molar-refractivity contribution is 7.09. The minimum Gasteiger partial charge on any atom is -0.493 e. The van der Waals surface area contributed by atoms with E-state index in [1.807, 2.05) is 53.6 Å². The molecule has 0 bridgehead atoms. The first-order valence-corrected chi connectivity index (χ1v) is 12.2. The van der Waals surface area contributed by atoms with Gasteiger partial charge in [0.1, 0.15) is 6.61 Å². The number of benzene rings is 1. The Balaban J connectivity index is 1.40. The second-order valence-corrected chi connectivity index (χ2v) is 9.07. The van der Waals surface area contributed by atoms with Crippen LogP contribution in [0.4, 0.5) is 5.95 Å². The zero-order valence-electron chi connectivity index (χ0n) is 19.1. The summed E-state index contributed by atoms with van der Waals surface area (Å²) in [7, 11) is 1.64. The molecule has 1 amide bonds. The van der Waals surface area contributed by atoms with Gasteiger partial charge in [-0.1, -0.05) is 12.1 Å². The Morgan fingerprint density at radius 3 is 2.79 bits per heavy atom. The van der Waals surface area contributed by atoms with Crippen molar-refractivity contribution in [1.29, 1.82) is 0 Å². The smallest absolute Gasteiger partial charge is 0.227 e. The van der Waals surface area contributed by atoms with E-state index in [0.29, 0.717) is 43.7 Å². The van der Waals surface area contributed by atoms with Gasteiger partial charge in [0.15, 0.2) is 11.5 Å². The molecule has 1 aliphatic rings. The van der Waals surface area contributed by atoms with E-state index >= 15 is 0 Å². The molecule has 33 heavy (non-hydrogen) atoms. The number of ether oxygens (including phenoxy) is 2. The Kier molecular flexibility index (Phi) is 7.78. The maximum absolute atomic E-state index is 13.4. The van der Waals surface area contributed by atoms with E-state index in [1.54, 1.807) is 30.8 Å². The maximum atomic E-state index is 13.4. The van der Waals surface area contributed by atoms with Crippen LogP contribution in [0.5, 0.6) is 11.5 Å². The Morgan fingerprint density at radius 1 is 1.21 bits per heavy atom. The highest BCUT2D eigenvalue weighted by Crippen LogP contribution is 2.30. The molecule has 4 rings (SSSR count). The number of carbonyl (C=O) groups is 1. The van der Waals surface area contributed by atoms with Crippen LogP contribution < -0.4 is 14.4 Å². The van der Waals surface area contributed by atoms with Gasteiger partial charge >= 0.3 is 0 Å². The van der Waals surface area contributed by atoms with Crippen molar-refractivity contribution in [2.75, 3.05) is 31.6 Å². The summed E-state index contributed by atoms with van der Waals surface area (Å²) in [5, 5.41) is 2.04. The number of methoxy groups -OCH3 is 1. The van der Waals surface area contributed by atoms with Crippen molar-refractivity contribution in [2.24, 2.45) is 5.92 Å². The molecule has 3 aromatic rings. The number of carbonyl (C=O) groups excluding carboxylic acids is 1. The lowest BCUT2D eigenvalue weighted by Gasteiger charge is -2.34. The van der Waals surface area contributed by atoms with Gasteiger partial charge in [-0.2, -0.15) is 0 Å². The van der Waals surface area contributed by atoms with Crippen LogP contribution in [0.3, 0.4) is 0 Å². The summed E-state index contributed by atoms with van der Waals surface area (Å²) >= 11 is 1.66. The third-order valence-electron chi connectivity index (χ3n) is 5.85. The summed E-state index contributed by atoms with van der Waals surface area (Å²) in [6.07, 6.45) is 5.33. The van der Waals surface area contributed by atoms with Gasteiger partial charge in [0.2, 0.25) is 11.9 Å². The highest BCUT2D eigenvalue weighted by atomic mass is 32.1. The molecule has 1 fully saturated rings. The largest absolute Gasteiger partial charge is 0.493 e. The molecule has 1 unspecified atom stereocenters. The van der Waals surface area contributed by atoms with Gasteiger partial charge in [-0.05, 0) is 55.0 Å². The Bertz CT molecular complexity index is 1030. The zero-order valence-corrected chi connectivity index (χ0v) is 20.0. The van der Waals surface area contributed by atoms with Crippen molar-refractivity contribution in [3.8, 4) is 11.5 Å². The van der Waals surface area contributed by atoms with Crippen LogP contribution >= 0.6 is 11.3 Å². The summed E-state index contributed by atoms with van der Waals surface area (Å²) in [5.41, 5.74) is 1.02. The molecule has 0 saturated carbocycles. The monoisotopic (exact) mass is 466 g/mol. The Hall–Kier alpha value is -3.13. The molecule has 0 aliphatic carbocycles. The summed E-state index contributed by atoms with van der Waals surface area (Å²) in [4.78, 5) is 27.3. The molecular weight excluding hydrogens is 436 g/mol. The van der Waals surface area contributed by atoms with Gasteiger partial charge in [-0.15, -0.1) is 11.3 Å². The molecule has 174 valence electrons. The van der Waals surface area contributed by atoms with E-state index in [4.69, 9.17) is 9.47 Å². The molecule has 1 aromatic carbocycles. The molecule has 2 aromatic heterocycles. The maximum Gasteiger partial charge on any atom is 0.227 e. The number of anilines is 1. The van der Waals surface area contributed by atoms with Gasteiger partial charge in [0.25, 0.3) is 0 Å². The first-order chi connectivity index (χ1) is 16.2. The third kappa shape index (κ3) is 5.82. The lowest BCUT2D eigenvalue weighted by atomic mass is 9.96. The molecule has 0 N–H and O–H groups in total. The summed E-state index contributed by atoms with van der Waals surface area (Å²) in [6.45, 7) is 5.25. The van der Waals surface area contributed by atoms with Crippen molar-refractivity contribution >= 4 is 23.2 Å². The second kappa shape index (κ2) is 11.1. The van der Waals surface area contributed by atoms with E-state index < -0.39 is 0 Å². The number of thiophene rings is 1. The van der Waals surface area contributed by atoms with Crippen LogP contribution in [-0.4, -0.2) is 47.5 Å². The fourth-order valence-electron chi connectivity index (χ4n) is 4.11. The van der Waals surface area contributed by atoms with E-state index in [2.05, 4.69) is 14.9 Å². The molecule has 3 heterocycles. The van der Waals surface area contributed by atoms with Gasteiger partial charge in [0, 0.05) is 43.4 Å². The third-order valence-corrected chi connectivity index (χ3v) is 6.70. The molecular formula is C25H30N4O3S. The summed E-state index contributed by atoms with van der Waals surface area (Å²) < 4.78 is 11.5. The standard InChI is InChI=1S/C25H30N4O3S/c1-3-28(24(30)20-7-4-13-29(17-20)25-26-11-6-12-27-25)16-19-9-10-22(23(15-19)31-2)32-18-21-8-5-14-33-21/h5-6,8-12,14-15,20H,3-4,7,13,16-18H2,1-2H3. The van der Waals surface area contributed by atoms with Crippen molar-refractivity contribution in [2.45, 2.75) is 32.9 Å². The van der Waals surface area contributed by atoms with Crippen molar-refractivity contribution < 1.29 is 14.3 Å². The van der Waals surface area contributed by atoms with Crippen LogP contribution in [0.1, 0.15) is 30.2 Å². The topological polar surface area (TPSA) is 67.8 Å². The fraction of sp³-hybridized carbons (Fsp3) is 0.400. The summed E-state index contributed by atoms with van der Waals surface area (Å²) in [5.74, 6) is 2.20. The minimum absolute atomic E-state index is 0.0576. The lowest BCUT2D eigenvalue weighted by Crippen LogP contribution is -2.45. The molecule has 8 heteroatoms. The van der Waals surface area contributed by atoms with E-state index in [-0.39, 0.29) is 11.8 Å². The van der Waals surface area contributed by atoms with Crippen LogP contribution in [0.15, 0.2) is 54.2 Å². The number of hydrogen-bond acceptors (Lipinski definition) is 7. The molecule has 1 aliphatic heterocycles. The van der Waals surface area contributed by atoms with Crippen LogP contribution in [-0.2, 0) is 17.9 Å². The van der Waals surface area contributed by atoms with Gasteiger partial charge < -0.3 is 19.3 Å². The van der Waals surface area contributed by atoms with Gasteiger partial charge in [0.05, 0.1) is 13.0 Å². The number of hydrogen-bond donors (Lipinski definition) is 0. The summed E-state index contributed by atoms with van der Waals surface area (Å²) in [6, 6.07) is 11.8. The normalized spacial score (nSPS) is 15.8. The molecule has 1 saturated heterocycles. The first-order valence-electron chi connectivity index (χ1n) is 11.3. The highest BCUT2D eigenvalue weighted by Gasteiger charge is 2.30. The number of nitrogens with zero attached hydrogens (tertiary/aromatic N) is 4. The van der Waals surface area contributed by atoms with E-state index in [9.17, 15) is 4.79 Å². The second-order valence-electron chi connectivity index (χ2n) is 8.04. The SMILES string of the molecule is CCN(Cc1ccc(OCc2cccs2)c(OC)c1)C(=O)C1CCCN(c2ncccn2)C1. The average molecular weight is 467 g/mol. The minimum atomic E-state index is -0.0576. The predicted octanol–water partition coefficient (Wildman–Crippen LogP) is 4.39. The Morgan fingerprint density at radius 2 is 2.06 bits per heavy atom. The van der Waals surface area contributed by atoms with Crippen LogP contribution in [0, 0.1) is 5.92 Å². The van der Waals surface area contributed by atoms with Crippen molar-refractivity contribution in [3.05, 3.63) is 64.6 Å². The van der Waals surface area contributed by atoms with Gasteiger partial charge in [-0.3, -0.25) is 4.79 Å². The Labute approximate surface area is 199 Å². The van der Waals surface area contributed by atoms with Crippen LogP contribution in [0.2, 0.25) is 0 Å². The fourth-order valence-corrected chi connectivity index (χ4v) is 4.73. The van der Waals surface area contributed by atoms with Crippen molar-refractivity contribution in [1.82, 2.24) is 14.9 Å². The number of aromatic nitrogens is 2. The number of amides is 1. The van der Waals surface area contributed by atoms with Crippen LogP contribution in [0.25, 0.3) is 0 Å². The number of piperidine rings is 1.